The first-order chi connectivity index (χ1) is 6.63. The minimum absolute atomic E-state index is 0. The molecular weight excluding hydrogens is 176 g/mol. The molecule has 0 saturated carbocycles. The number of hydrogen-bond acceptors (Lipinski definition) is 2. The summed E-state index contributed by atoms with van der Waals surface area (Å²) in [6.45, 7) is 6.41. The number of amides is 1. The quantitative estimate of drug-likeness (QED) is 0.799. The molecule has 1 amide bonds. The summed E-state index contributed by atoms with van der Waals surface area (Å²) in [5.41, 5.74) is 3.26. The Morgan fingerprint density at radius 3 is 2.86 bits per heavy atom. The van der Waals surface area contributed by atoms with Crippen molar-refractivity contribution in [3.8, 4) is 0 Å². The number of aromatic nitrogens is 1. The number of nitrogens with one attached hydrogen (secondary N) is 1. The van der Waals surface area contributed by atoms with Gasteiger partial charge >= 0.3 is 0 Å². The molecule has 0 saturated heterocycles. The van der Waals surface area contributed by atoms with Gasteiger partial charge in [-0.2, -0.15) is 0 Å². The van der Waals surface area contributed by atoms with Crippen LogP contribution in [0.3, 0.4) is 0 Å². The van der Waals surface area contributed by atoms with Crippen LogP contribution in [-0.2, 0) is 11.3 Å². The SMILES string of the molecule is CCC(=O)NCc1cnc(C)cc1C.[HH]. The van der Waals surface area contributed by atoms with Gasteiger partial charge in [0, 0.05) is 26.3 Å². The molecule has 78 valence electrons. The van der Waals surface area contributed by atoms with Gasteiger partial charge < -0.3 is 5.32 Å². The van der Waals surface area contributed by atoms with Crippen LogP contribution in [0.25, 0.3) is 0 Å². The largest absolute Gasteiger partial charge is 0.352 e. The van der Waals surface area contributed by atoms with E-state index in [4.69, 9.17) is 0 Å². The lowest BCUT2D eigenvalue weighted by Crippen LogP contribution is -2.22. The summed E-state index contributed by atoms with van der Waals surface area (Å²) in [6, 6.07) is 2.02. The maximum absolute atomic E-state index is 11.0. The molecule has 0 aliphatic rings. The van der Waals surface area contributed by atoms with E-state index >= 15 is 0 Å². The minimum Gasteiger partial charge on any atom is -0.352 e. The van der Waals surface area contributed by atoms with Crippen molar-refractivity contribution >= 4 is 5.91 Å². The zero-order valence-electron chi connectivity index (χ0n) is 8.92. The van der Waals surface area contributed by atoms with Crippen LogP contribution in [0, 0.1) is 13.8 Å². The van der Waals surface area contributed by atoms with Gasteiger partial charge in [0.05, 0.1) is 0 Å². The smallest absolute Gasteiger partial charge is 0.219 e. The number of carbonyl (C=O) groups excluding carboxylic acids is 1. The third-order valence-corrected chi connectivity index (χ3v) is 2.15. The lowest BCUT2D eigenvalue weighted by molar-refractivity contribution is -0.120. The monoisotopic (exact) mass is 194 g/mol. The Morgan fingerprint density at radius 2 is 2.29 bits per heavy atom. The van der Waals surface area contributed by atoms with E-state index in [0.717, 1.165) is 11.3 Å². The molecular formula is C11H18N2O. The molecule has 0 aliphatic carbocycles. The molecule has 0 aliphatic heterocycles. The fraction of sp³-hybridized carbons (Fsp3) is 0.455. The first-order valence-corrected chi connectivity index (χ1v) is 4.82. The van der Waals surface area contributed by atoms with Crippen molar-refractivity contribution in [1.82, 2.24) is 10.3 Å². The van der Waals surface area contributed by atoms with E-state index in [1.807, 2.05) is 33.0 Å². The lowest BCUT2D eigenvalue weighted by atomic mass is 10.1. The first-order valence-electron chi connectivity index (χ1n) is 4.82. The first kappa shape index (κ1) is 10.7. The van der Waals surface area contributed by atoms with Crippen molar-refractivity contribution < 1.29 is 6.22 Å². The second-order valence-electron chi connectivity index (χ2n) is 3.38. The van der Waals surface area contributed by atoms with Gasteiger partial charge in [-0.15, -0.1) is 0 Å². The van der Waals surface area contributed by atoms with Crippen LogP contribution in [-0.4, -0.2) is 10.9 Å². The third kappa shape index (κ3) is 2.83. The van der Waals surface area contributed by atoms with Crippen LogP contribution >= 0.6 is 0 Å². The van der Waals surface area contributed by atoms with E-state index in [1.54, 1.807) is 0 Å². The Balaban J connectivity index is 0.00000196. The average Bonchev–Trinajstić information content (AvgIpc) is 2.16. The summed E-state index contributed by atoms with van der Waals surface area (Å²) in [4.78, 5) is 15.2. The minimum atomic E-state index is 0. The fourth-order valence-electron chi connectivity index (χ4n) is 1.23. The predicted octanol–water partition coefficient (Wildman–Crippen LogP) is 1.97. The van der Waals surface area contributed by atoms with Gasteiger partial charge in [0.1, 0.15) is 0 Å². The Kier molecular flexibility index (Phi) is 3.63. The molecule has 14 heavy (non-hydrogen) atoms. The van der Waals surface area contributed by atoms with Gasteiger partial charge in [-0.25, -0.2) is 0 Å². The molecule has 0 radical (unpaired) electrons. The second kappa shape index (κ2) is 4.74. The third-order valence-electron chi connectivity index (χ3n) is 2.15. The Hall–Kier alpha value is -1.38. The van der Waals surface area contributed by atoms with Crippen molar-refractivity contribution in [2.24, 2.45) is 0 Å². The molecule has 3 nitrogen and oxygen atoms in total. The van der Waals surface area contributed by atoms with Crippen LogP contribution in [0.15, 0.2) is 12.3 Å². The maximum Gasteiger partial charge on any atom is 0.219 e. The predicted molar refractivity (Wildman–Crippen MR) is 58.0 cm³/mol. The second-order valence-corrected chi connectivity index (χ2v) is 3.38. The van der Waals surface area contributed by atoms with Gasteiger partial charge in [-0.3, -0.25) is 9.78 Å². The van der Waals surface area contributed by atoms with Crippen LogP contribution in [0.4, 0.5) is 0 Å². The highest BCUT2D eigenvalue weighted by Gasteiger charge is 2.01. The van der Waals surface area contributed by atoms with E-state index in [9.17, 15) is 4.79 Å². The van der Waals surface area contributed by atoms with E-state index in [2.05, 4.69) is 10.3 Å². The van der Waals surface area contributed by atoms with Gasteiger partial charge in [0.25, 0.3) is 0 Å². The van der Waals surface area contributed by atoms with Crippen LogP contribution in [0.2, 0.25) is 0 Å². The molecule has 1 N–H and O–H groups in total. The maximum atomic E-state index is 11.0. The summed E-state index contributed by atoms with van der Waals surface area (Å²) in [5.74, 6) is 0.0741. The van der Waals surface area contributed by atoms with Crippen molar-refractivity contribution in [3.05, 3.63) is 29.1 Å². The van der Waals surface area contributed by atoms with Crippen LogP contribution in [0.5, 0.6) is 0 Å². The normalized spacial score (nSPS) is 9.93. The summed E-state index contributed by atoms with van der Waals surface area (Å²) >= 11 is 0. The zero-order chi connectivity index (χ0) is 10.6. The topological polar surface area (TPSA) is 42.0 Å². The molecule has 0 unspecified atom stereocenters. The highest BCUT2D eigenvalue weighted by Crippen LogP contribution is 2.07. The zero-order valence-corrected chi connectivity index (χ0v) is 8.92. The number of carbonyl (C=O) groups is 1. The molecule has 0 spiro atoms. The summed E-state index contributed by atoms with van der Waals surface area (Å²) in [6.07, 6.45) is 2.35. The number of rotatable bonds is 3. The van der Waals surface area contributed by atoms with E-state index in [-0.39, 0.29) is 7.33 Å². The number of pyridine rings is 1. The van der Waals surface area contributed by atoms with Gasteiger partial charge in [0.2, 0.25) is 5.91 Å². The van der Waals surface area contributed by atoms with Gasteiger partial charge in [-0.1, -0.05) is 6.92 Å². The average molecular weight is 194 g/mol. The van der Waals surface area contributed by atoms with Gasteiger partial charge in [-0.05, 0) is 31.0 Å². The molecule has 3 heteroatoms. The van der Waals surface area contributed by atoms with Gasteiger partial charge in [0.15, 0.2) is 0 Å². The Labute approximate surface area is 86.0 Å². The molecule has 0 atom stereocenters. The molecule has 1 aromatic rings. The molecule has 1 heterocycles. The highest BCUT2D eigenvalue weighted by atomic mass is 16.1. The lowest BCUT2D eigenvalue weighted by Gasteiger charge is -2.07. The molecule has 0 fully saturated rings. The van der Waals surface area contributed by atoms with Crippen LogP contribution < -0.4 is 5.32 Å². The number of nitrogens with zero attached hydrogens (tertiary/aromatic N) is 1. The molecule has 1 aromatic heterocycles. The van der Waals surface area contributed by atoms with Crippen molar-refractivity contribution in [2.75, 3.05) is 0 Å². The molecule has 0 bridgehead atoms. The number of hydrogen-bond donors (Lipinski definition) is 1. The highest BCUT2D eigenvalue weighted by molar-refractivity contribution is 5.75. The summed E-state index contributed by atoms with van der Waals surface area (Å²) in [5, 5.41) is 2.83. The van der Waals surface area contributed by atoms with Crippen molar-refractivity contribution in [1.29, 1.82) is 0 Å². The fourth-order valence-corrected chi connectivity index (χ4v) is 1.23. The van der Waals surface area contributed by atoms with Crippen molar-refractivity contribution in [3.63, 3.8) is 0 Å². The summed E-state index contributed by atoms with van der Waals surface area (Å²) in [7, 11) is 0. The van der Waals surface area contributed by atoms with Crippen LogP contribution in [0.1, 0.15) is 31.6 Å². The molecule has 0 aromatic carbocycles. The summed E-state index contributed by atoms with van der Waals surface area (Å²) < 4.78 is 0. The Bertz CT molecular complexity index is 339. The Morgan fingerprint density at radius 1 is 1.57 bits per heavy atom. The van der Waals surface area contributed by atoms with E-state index in [1.165, 1.54) is 5.56 Å². The number of aryl methyl sites for hydroxylation is 2. The van der Waals surface area contributed by atoms with E-state index < -0.39 is 0 Å². The molecule has 1 rings (SSSR count). The van der Waals surface area contributed by atoms with E-state index in [0.29, 0.717) is 13.0 Å². The van der Waals surface area contributed by atoms with Crippen molar-refractivity contribution in [2.45, 2.75) is 33.7 Å². The standard InChI is InChI=1S/C11H16N2O.H2/c1-4-11(14)13-7-10-6-12-9(3)5-8(10)2;/h5-6H,4,7H2,1-3H3,(H,13,14);1H.